The third-order valence-electron chi connectivity index (χ3n) is 4.72. The number of aryl methyl sites for hydroxylation is 2. The molecule has 1 aliphatic heterocycles. The van der Waals surface area contributed by atoms with Crippen molar-refractivity contribution in [3.8, 4) is 5.69 Å². The molecule has 1 aromatic carbocycles. The van der Waals surface area contributed by atoms with Crippen molar-refractivity contribution in [1.29, 1.82) is 0 Å². The molecule has 0 atom stereocenters. The van der Waals surface area contributed by atoms with Gasteiger partial charge in [-0.1, -0.05) is 29.9 Å². The number of benzene rings is 1. The van der Waals surface area contributed by atoms with E-state index in [1.165, 1.54) is 0 Å². The Morgan fingerprint density at radius 2 is 1.92 bits per heavy atom. The normalized spacial score (nSPS) is 14.3. The second-order valence-electron chi connectivity index (χ2n) is 6.52. The standard InChI is InChI=1S/C18H18ClN5OS/c1-10-5-6-12(9-13(10)19)24-11(2)20-15-14(17(24)26)16(25)22-18(21-15)23-7-3-4-8-23/h5-6,9H,3-4,7-8H2,1-2H3,(H,21,22,25). The molecule has 3 heterocycles. The lowest BCUT2D eigenvalue weighted by molar-refractivity contribution is 0.875. The summed E-state index contributed by atoms with van der Waals surface area (Å²) in [5, 5.41) is 0.963. The van der Waals surface area contributed by atoms with E-state index in [1.807, 2.05) is 32.0 Å². The van der Waals surface area contributed by atoms with Crippen molar-refractivity contribution in [2.75, 3.05) is 18.0 Å². The van der Waals surface area contributed by atoms with Crippen molar-refractivity contribution in [2.45, 2.75) is 26.7 Å². The topological polar surface area (TPSA) is 66.8 Å². The van der Waals surface area contributed by atoms with Gasteiger partial charge in [0, 0.05) is 23.8 Å². The van der Waals surface area contributed by atoms with E-state index >= 15 is 0 Å². The molecule has 0 spiro atoms. The van der Waals surface area contributed by atoms with E-state index in [9.17, 15) is 4.79 Å². The zero-order chi connectivity index (χ0) is 18.4. The second kappa shape index (κ2) is 6.48. The van der Waals surface area contributed by atoms with Gasteiger partial charge < -0.3 is 4.90 Å². The maximum atomic E-state index is 12.7. The van der Waals surface area contributed by atoms with Gasteiger partial charge in [-0.05, 0) is 44.4 Å². The smallest absolute Gasteiger partial charge is 0.264 e. The number of halogens is 1. The van der Waals surface area contributed by atoms with Crippen molar-refractivity contribution in [3.05, 3.63) is 49.6 Å². The van der Waals surface area contributed by atoms with Crippen LogP contribution in [0.2, 0.25) is 5.02 Å². The maximum absolute atomic E-state index is 12.7. The molecule has 0 amide bonds. The summed E-state index contributed by atoms with van der Waals surface area (Å²) in [5.41, 5.74) is 1.87. The van der Waals surface area contributed by atoms with E-state index in [1.54, 1.807) is 4.57 Å². The minimum absolute atomic E-state index is 0.263. The summed E-state index contributed by atoms with van der Waals surface area (Å²) in [5.74, 6) is 1.23. The van der Waals surface area contributed by atoms with E-state index in [0.717, 1.165) is 37.2 Å². The van der Waals surface area contributed by atoms with Crippen LogP contribution in [0.1, 0.15) is 24.2 Å². The van der Waals surface area contributed by atoms with Crippen molar-refractivity contribution in [1.82, 2.24) is 19.5 Å². The number of aromatic amines is 1. The van der Waals surface area contributed by atoms with Crippen LogP contribution >= 0.6 is 23.8 Å². The monoisotopic (exact) mass is 387 g/mol. The fourth-order valence-electron chi connectivity index (χ4n) is 3.29. The minimum atomic E-state index is -0.263. The van der Waals surface area contributed by atoms with E-state index in [4.69, 9.17) is 23.8 Å². The summed E-state index contributed by atoms with van der Waals surface area (Å²) in [4.78, 5) is 26.8. The van der Waals surface area contributed by atoms with Crippen LogP contribution in [-0.4, -0.2) is 32.6 Å². The lowest BCUT2D eigenvalue weighted by Gasteiger charge is -2.17. The van der Waals surface area contributed by atoms with Crippen LogP contribution < -0.4 is 10.5 Å². The van der Waals surface area contributed by atoms with Crippen molar-refractivity contribution >= 4 is 40.8 Å². The quantitative estimate of drug-likeness (QED) is 0.679. The Bertz CT molecular complexity index is 1130. The van der Waals surface area contributed by atoms with Gasteiger partial charge in [-0.25, -0.2) is 4.98 Å². The van der Waals surface area contributed by atoms with E-state index in [0.29, 0.717) is 32.5 Å². The molecule has 1 saturated heterocycles. The molecule has 0 unspecified atom stereocenters. The summed E-state index contributed by atoms with van der Waals surface area (Å²) < 4.78 is 2.14. The third-order valence-corrected chi connectivity index (χ3v) is 5.51. The molecule has 0 radical (unpaired) electrons. The van der Waals surface area contributed by atoms with Gasteiger partial charge in [0.2, 0.25) is 5.95 Å². The summed E-state index contributed by atoms with van der Waals surface area (Å²) in [6.45, 7) is 5.57. The highest BCUT2D eigenvalue weighted by atomic mass is 35.5. The van der Waals surface area contributed by atoms with E-state index < -0.39 is 0 Å². The van der Waals surface area contributed by atoms with Gasteiger partial charge in [-0.15, -0.1) is 0 Å². The van der Waals surface area contributed by atoms with Crippen LogP contribution in [0.4, 0.5) is 5.95 Å². The van der Waals surface area contributed by atoms with Gasteiger partial charge in [0.1, 0.15) is 15.9 Å². The minimum Gasteiger partial charge on any atom is -0.342 e. The molecular formula is C18H18ClN5OS. The molecule has 1 N–H and O–H groups in total. The average molecular weight is 388 g/mol. The zero-order valence-corrected chi connectivity index (χ0v) is 16.1. The van der Waals surface area contributed by atoms with Gasteiger partial charge in [0.15, 0.2) is 5.65 Å². The summed E-state index contributed by atoms with van der Waals surface area (Å²) in [7, 11) is 0. The largest absolute Gasteiger partial charge is 0.342 e. The summed E-state index contributed by atoms with van der Waals surface area (Å²) in [6, 6.07) is 5.66. The van der Waals surface area contributed by atoms with E-state index in [-0.39, 0.29) is 5.56 Å². The predicted molar refractivity (Wildman–Crippen MR) is 106 cm³/mol. The molecule has 0 saturated carbocycles. The van der Waals surface area contributed by atoms with Crippen LogP contribution in [0.25, 0.3) is 16.7 Å². The first-order chi connectivity index (χ1) is 12.5. The number of H-pyrrole nitrogens is 1. The van der Waals surface area contributed by atoms with E-state index in [2.05, 4.69) is 19.9 Å². The first kappa shape index (κ1) is 17.2. The van der Waals surface area contributed by atoms with Crippen LogP contribution in [-0.2, 0) is 0 Å². The highest BCUT2D eigenvalue weighted by molar-refractivity contribution is 7.71. The summed E-state index contributed by atoms with van der Waals surface area (Å²) in [6.07, 6.45) is 2.20. The van der Waals surface area contributed by atoms with Gasteiger partial charge in [0.05, 0.1) is 0 Å². The van der Waals surface area contributed by atoms with Gasteiger partial charge in [-0.2, -0.15) is 4.98 Å². The molecule has 2 aromatic heterocycles. The fraction of sp³-hybridized carbons (Fsp3) is 0.333. The predicted octanol–water partition coefficient (Wildman–Crippen LogP) is 3.71. The summed E-state index contributed by atoms with van der Waals surface area (Å²) >= 11 is 11.9. The Hall–Kier alpha value is -2.25. The number of nitrogens with one attached hydrogen (secondary N) is 1. The molecule has 8 heteroatoms. The van der Waals surface area contributed by atoms with Crippen LogP contribution in [0.3, 0.4) is 0 Å². The van der Waals surface area contributed by atoms with Crippen LogP contribution in [0.5, 0.6) is 0 Å². The first-order valence-corrected chi connectivity index (χ1v) is 9.29. The Morgan fingerprint density at radius 1 is 1.19 bits per heavy atom. The molecule has 134 valence electrons. The second-order valence-corrected chi connectivity index (χ2v) is 7.31. The molecule has 1 aliphatic rings. The SMILES string of the molecule is Cc1ccc(-n2c(C)nc3nc(N4CCCC4)[nH]c(=O)c3c2=S)cc1Cl. The lowest BCUT2D eigenvalue weighted by Crippen LogP contribution is -2.25. The number of aromatic nitrogens is 4. The highest BCUT2D eigenvalue weighted by Gasteiger charge is 2.18. The van der Waals surface area contributed by atoms with Gasteiger partial charge in [0.25, 0.3) is 5.56 Å². The molecule has 3 aromatic rings. The molecule has 26 heavy (non-hydrogen) atoms. The molecule has 1 fully saturated rings. The van der Waals surface area contributed by atoms with Crippen LogP contribution in [0.15, 0.2) is 23.0 Å². The first-order valence-electron chi connectivity index (χ1n) is 8.51. The fourth-order valence-corrected chi connectivity index (χ4v) is 3.89. The highest BCUT2D eigenvalue weighted by Crippen LogP contribution is 2.23. The number of fused-ring (bicyclic) bond motifs is 1. The zero-order valence-electron chi connectivity index (χ0n) is 14.5. The molecule has 4 rings (SSSR count). The van der Waals surface area contributed by atoms with Crippen LogP contribution in [0, 0.1) is 18.5 Å². The molecule has 6 nitrogen and oxygen atoms in total. The molecular weight excluding hydrogens is 370 g/mol. The van der Waals surface area contributed by atoms with Crippen molar-refractivity contribution in [2.24, 2.45) is 0 Å². The number of nitrogens with zero attached hydrogens (tertiary/aromatic N) is 4. The Kier molecular flexibility index (Phi) is 4.28. The Balaban J connectivity index is 1.95. The number of anilines is 1. The Labute approximate surface area is 160 Å². The Morgan fingerprint density at radius 3 is 2.62 bits per heavy atom. The molecule has 0 aliphatic carbocycles. The lowest BCUT2D eigenvalue weighted by atomic mass is 10.2. The molecule has 0 bridgehead atoms. The maximum Gasteiger partial charge on any atom is 0.264 e. The number of hydrogen-bond donors (Lipinski definition) is 1. The van der Waals surface area contributed by atoms with Gasteiger partial charge >= 0.3 is 0 Å². The van der Waals surface area contributed by atoms with Gasteiger partial charge in [-0.3, -0.25) is 14.3 Å². The average Bonchev–Trinajstić information content (AvgIpc) is 3.12. The van der Waals surface area contributed by atoms with Crippen molar-refractivity contribution < 1.29 is 0 Å². The number of hydrogen-bond acceptors (Lipinski definition) is 5. The van der Waals surface area contributed by atoms with Crippen molar-refractivity contribution in [3.63, 3.8) is 0 Å². The third kappa shape index (κ3) is 2.81. The number of rotatable bonds is 2.